The van der Waals surface area contributed by atoms with Crippen molar-refractivity contribution in [3.05, 3.63) is 30.3 Å². The number of carbonyl (C=O) groups excluding carboxylic acids is 1. The average Bonchev–Trinajstić information content (AvgIpc) is 2.41. The van der Waals surface area contributed by atoms with Crippen molar-refractivity contribution in [3.63, 3.8) is 0 Å². The van der Waals surface area contributed by atoms with Crippen LogP contribution in [0.25, 0.3) is 0 Å². The van der Waals surface area contributed by atoms with Crippen molar-refractivity contribution in [2.45, 2.75) is 37.8 Å². The molecule has 6 nitrogen and oxygen atoms in total. The highest BCUT2D eigenvalue weighted by atomic mass is 16.6. The molecule has 0 saturated heterocycles. The summed E-state index contributed by atoms with van der Waals surface area (Å²) in [7, 11) is 0. The van der Waals surface area contributed by atoms with Gasteiger partial charge in [-0.2, -0.15) is 0 Å². The molecule has 1 fully saturated rings. The van der Waals surface area contributed by atoms with Crippen molar-refractivity contribution in [3.8, 4) is 5.75 Å². The van der Waals surface area contributed by atoms with Gasteiger partial charge in [0, 0.05) is 0 Å². The fourth-order valence-corrected chi connectivity index (χ4v) is 2.41. The van der Waals surface area contributed by atoms with Crippen molar-refractivity contribution in [2.75, 3.05) is 0 Å². The molecule has 0 spiro atoms. The molecule has 1 aliphatic carbocycles. The zero-order valence-corrected chi connectivity index (χ0v) is 11.0. The highest BCUT2D eigenvalue weighted by Gasteiger charge is 2.28. The topological polar surface area (TPSA) is 87.7 Å². The Kier molecular flexibility index (Phi) is 4.81. The lowest BCUT2D eigenvalue weighted by Gasteiger charge is -2.31. The number of carboxylic acid groups (broad SMARTS) is 1. The molecule has 0 aromatic heterocycles. The fourth-order valence-electron chi connectivity index (χ4n) is 2.41. The lowest BCUT2D eigenvalue weighted by Crippen LogP contribution is -2.53. The van der Waals surface area contributed by atoms with Gasteiger partial charge in [-0.05, 0) is 25.0 Å². The van der Waals surface area contributed by atoms with E-state index in [0.29, 0.717) is 5.75 Å². The Morgan fingerprint density at radius 3 is 2.25 bits per heavy atom. The third-order valence-electron chi connectivity index (χ3n) is 3.33. The molecule has 20 heavy (non-hydrogen) atoms. The van der Waals surface area contributed by atoms with Crippen molar-refractivity contribution in [1.82, 2.24) is 10.6 Å². The normalized spacial score (nSPS) is 21.8. The molecule has 1 aliphatic rings. The van der Waals surface area contributed by atoms with Crippen LogP contribution in [0.3, 0.4) is 0 Å². The van der Waals surface area contributed by atoms with Crippen molar-refractivity contribution < 1.29 is 19.4 Å². The van der Waals surface area contributed by atoms with Gasteiger partial charge in [-0.3, -0.25) is 0 Å². The summed E-state index contributed by atoms with van der Waals surface area (Å²) in [6.45, 7) is 0. The molecule has 2 rings (SSSR count). The van der Waals surface area contributed by atoms with Crippen LogP contribution in [0.2, 0.25) is 0 Å². The summed E-state index contributed by atoms with van der Waals surface area (Å²) in [4.78, 5) is 22.5. The number of hydrogen-bond acceptors (Lipinski definition) is 3. The van der Waals surface area contributed by atoms with Gasteiger partial charge in [-0.1, -0.05) is 31.0 Å². The Bertz CT molecular complexity index is 464. The largest absolute Gasteiger partial charge is 0.465 e. The smallest absolute Gasteiger partial charge is 0.412 e. The van der Waals surface area contributed by atoms with Gasteiger partial charge < -0.3 is 20.5 Å². The van der Waals surface area contributed by atoms with E-state index in [1.54, 1.807) is 24.3 Å². The van der Waals surface area contributed by atoms with E-state index in [-0.39, 0.29) is 12.1 Å². The standard InChI is InChI=1S/C14H18N2O4/c17-13(18)15-11-8-4-5-9-12(11)16-14(19)20-10-6-2-1-3-7-10/h1-3,6-7,11-12,15H,4-5,8-9H2,(H,16,19)(H,17,18). The highest BCUT2D eigenvalue weighted by Crippen LogP contribution is 2.19. The summed E-state index contributed by atoms with van der Waals surface area (Å²) in [5.41, 5.74) is 0. The SMILES string of the molecule is O=C(O)NC1CCCCC1NC(=O)Oc1ccccc1. The molecule has 0 aliphatic heterocycles. The van der Waals surface area contributed by atoms with Crippen LogP contribution in [-0.4, -0.2) is 29.4 Å². The van der Waals surface area contributed by atoms with E-state index >= 15 is 0 Å². The average molecular weight is 278 g/mol. The second-order valence-corrected chi connectivity index (χ2v) is 4.79. The molecule has 2 atom stereocenters. The first-order valence-corrected chi connectivity index (χ1v) is 6.68. The zero-order chi connectivity index (χ0) is 14.4. The monoisotopic (exact) mass is 278 g/mol. The molecule has 108 valence electrons. The fraction of sp³-hybridized carbons (Fsp3) is 0.429. The maximum absolute atomic E-state index is 11.8. The van der Waals surface area contributed by atoms with Gasteiger partial charge in [0.25, 0.3) is 0 Å². The van der Waals surface area contributed by atoms with Crippen LogP contribution < -0.4 is 15.4 Å². The molecular weight excluding hydrogens is 260 g/mol. The first-order valence-electron chi connectivity index (χ1n) is 6.68. The van der Waals surface area contributed by atoms with Gasteiger partial charge >= 0.3 is 12.2 Å². The predicted molar refractivity (Wildman–Crippen MR) is 72.8 cm³/mol. The number of ether oxygens (including phenoxy) is 1. The van der Waals surface area contributed by atoms with Crippen LogP contribution in [0.4, 0.5) is 9.59 Å². The Balaban J connectivity index is 1.89. The van der Waals surface area contributed by atoms with Gasteiger partial charge in [-0.15, -0.1) is 0 Å². The van der Waals surface area contributed by atoms with Crippen LogP contribution in [0, 0.1) is 0 Å². The molecule has 2 unspecified atom stereocenters. The predicted octanol–water partition coefficient (Wildman–Crippen LogP) is 2.35. The minimum absolute atomic E-state index is 0.226. The van der Waals surface area contributed by atoms with Gasteiger partial charge in [0.1, 0.15) is 5.75 Å². The van der Waals surface area contributed by atoms with E-state index in [1.807, 2.05) is 6.07 Å². The summed E-state index contributed by atoms with van der Waals surface area (Å²) in [5.74, 6) is 0.462. The lowest BCUT2D eigenvalue weighted by atomic mass is 9.90. The minimum Gasteiger partial charge on any atom is -0.465 e. The minimum atomic E-state index is -1.07. The number of carbonyl (C=O) groups is 2. The Morgan fingerprint density at radius 1 is 1.05 bits per heavy atom. The maximum atomic E-state index is 11.8. The number of benzene rings is 1. The van der Waals surface area contributed by atoms with E-state index in [1.165, 1.54) is 0 Å². The molecule has 1 saturated carbocycles. The van der Waals surface area contributed by atoms with Crippen LogP contribution in [0.1, 0.15) is 25.7 Å². The quantitative estimate of drug-likeness (QED) is 0.792. The third kappa shape index (κ3) is 4.15. The van der Waals surface area contributed by atoms with Crippen molar-refractivity contribution >= 4 is 12.2 Å². The first kappa shape index (κ1) is 14.2. The van der Waals surface area contributed by atoms with Crippen LogP contribution >= 0.6 is 0 Å². The number of hydrogen-bond donors (Lipinski definition) is 3. The van der Waals surface area contributed by atoms with E-state index < -0.39 is 12.2 Å². The number of amides is 2. The summed E-state index contributed by atoms with van der Waals surface area (Å²) in [5, 5.41) is 14.0. The van der Waals surface area contributed by atoms with Gasteiger partial charge in [0.05, 0.1) is 12.1 Å². The van der Waals surface area contributed by atoms with Crippen molar-refractivity contribution in [1.29, 1.82) is 0 Å². The molecule has 0 heterocycles. The molecule has 0 radical (unpaired) electrons. The molecule has 2 amide bonds. The van der Waals surface area contributed by atoms with E-state index in [0.717, 1.165) is 25.7 Å². The molecular formula is C14H18N2O4. The first-order chi connectivity index (χ1) is 9.65. The van der Waals surface area contributed by atoms with E-state index in [9.17, 15) is 9.59 Å². The van der Waals surface area contributed by atoms with Gasteiger partial charge in [0.15, 0.2) is 0 Å². The van der Waals surface area contributed by atoms with Crippen molar-refractivity contribution in [2.24, 2.45) is 0 Å². The molecule has 6 heteroatoms. The number of nitrogens with one attached hydrogen (secondary N) is 2. The highest BCUT2D eigenvalue weighted by molar-refractivity contribution is 5.71. The number of rotatable bonds is 3. The van der Waals surface area contributed by atoms with E-state index in [2.05, 4.69) is 10.6 Å². The zero-order valence-electron chi connectivity index (χ0n) is 11.0. The Morgan fingerprint density at radius 2 is 1.65 bits per heavy atom. The molecule has 3 N–H and O–H groups in total. The molecule has 1 aromatic rings. The Hall–Kier alpha value is -2.24. The summed E-state index contributed by atoms with van der Waals surface area (Å²) in [6.07, 6.45) is 1.77. The maximum Gasteiger partial charge on any atom is 0.412 e. The van der Waals surface area contributed by atoms with Gasteiger partial charge in [0.2, 0.25) is 0 Å². The summed E-state index contributed by atoms with van der Waals surface area (Å²) < 4.78 is 5.15. The van der Waals surface area contributed by atoms with Crippen LogP contribution in [0.15, 0.2) is 30.3 Å². The molecule has 0 bridgehead atoms. The third-order valence-corrected chi connectivity index (χ3v) is 3.33. The van der Waals surface area contributed by atoms with E-state index in [4.69, 9.17) is 9.84 Å². The van der Waals surface area contributed by atoms with Crippen LogP contribution in [0.5, 0.6) is 5.75 Å². The molecule has 1 aromatic carbocycles. The lowest BCUT2D eigenvalue weighted by molar-refractivity contribution is 0.170. The summed E-state index contributed by atoms with van der Waals surface area (Å²) in [6, 6.07) is 8.27. The second kappa shape index (κ2) is 6.79. The van der Waals surface area contributed by atoms with Gasteiger partial charge in [-0.25, -0.2) is 9.59 Å². The number of para-hydroxylation sites is 1. The second-order valence-electron chi connectivity index (χ2n) is 4.79. The van der Waals surface area contributed by atoms with Crippen LogP contribution in [-0.2, 0) is 0 Å². The Labute approximate surface area is 117 Å². The summed E-state index contributed by atoms with van der Waals surface area (Å²) >= 11 is 0.